The van der Waals surface area contributed by atoms with Gasteiger partial charge < -0.3 is 15.6 Å². The number of nitrogens with zero attached hydrogens (tertiary/aromatic N) is 2. The summed E-state index contributed by atoms with van der Waals surface area (Å²) in [6.45, 7) is 3.10. The van der Waals surface area contributed by atoms with Crippen LogP contribution in [0.3, 0.4) is 0 Å². The van der Waals surface area contributed by atoms with E-state index in [1.54, 1.807) is 18.6 Å². The monoisotopic (exact) mass is 258 g/mol. The molecule has 1 unspecified atom stereocenters. The Balaban J connectivity index is 1.96. The maximum Gasteiger partial charge on any atom is 0.251 e. The highest BCUT2D eigenvalue weighted by Gasteiger charge is 2.10. The van der Waals surface area contributed by atoms with Gasteiger partial charge in [-0.15, -0.1) is 0 Å². The van der Waals surface area contributed by atoms with E-state index in [4.69, 9.17) is 5.73 Å². The highest BCUT2D eigenvalue weighted by molar-refractivity contribution is 5.94. The second-order valence-electron chi connectivity index (χ2n) is 4.54. The normalized spacial score (nSPS) is 12.1. The number of nitrogens with two attached hydrogens (primary N) is 1. The van der Waals surface area contributed by atoms with E-state index >= 15 is 0 Å². The number of nitrogens with one attached hydrogen (secondary N) is 1. The molecule has 1 aromatic heterocycles. The van der Waals surface area contributed by atoms with E-state index in [1.807, 2.05) is 35.9 Å². The van der Waals surface area contributed by atoms with Gasteiger partial charge in [-0.05, 0) is 24.6 Å². The van der Waals surface area contributed by atoms with Gasteiger partial charge in [0.2, 0.25) is 0 Å². The topological polar surface area (TPSA) is 72.9 Å². The zero-order chi connectivity index (χ0) is 13.7. The average Bonchev–Trinajstić information content (AvgIpc) is 2.91. The molecule has 3 N–H and O–H groups in total. The molecule has 0 radical (unpaired) electrons. The number of carbonyl (C=O) groups is 1. The number of amides is 1. The Morgan fingerprint density at radius 3 is 3.05 bits per heavy atom. The van der Waals surface area contributed by atoms with Crippen LogP contribution in [0.2, 0.25) is 0 Å². The van der Waals surface area contributed by atoms with Crippen LogP contribution in [-0.4, -0.2) is 21.5 Å². The molecule has 0 bridgehead atoms. The molecule has 19 heavy (non-hydrogen) atoms. The summed E-state index contributed by atoms with van der Waals surface area (Å²) in [7, 11) is 0. The highest BCUT2D eigenvalue weighted by Crippen LogP contribution is 2.05. The molecule has 0 aliphatic carbocycles. The molecular weight excluding hydrogens is 240 g/mol. The molecule has 5 heteroatoms. The van der Waals surface area contributed by atoms with Gasteiger partial charge in [0.15, 0.2) is 0 Å². The van der Waals surface area contributed by atoms with Gasteiger partial charge in [0.25, 0.3) is 5.91 Å². The maximum atomic E-state index is 12.1. The van der Waals surface area contributed by atoms with Crippen molar-refractivity contribution in [3.05, 3.63) is 54.1 Å². The maximum absolute atomic E-state index is 12.1. The van der Waals surface area contributed by atoms with Crippen molar-refractivity contribution in [1.82, 2.24) is 14.9 Å². The number of hydrogen-bond donors (Lipinski definition) is 2. The van der Waals surface area contributed by atoms with E-state index in [0.29, 0.717) is 18.7 Å². The molecule has 2 aromatic rings. The van der Waals surface area contributed by atoms with Gasteiger partial charge in [0.05, 0.1) is 6.33 Å². The summed E-state index contributed by atoms with van der Waals surface area (Å²) in [5.41, 5.74) is 7.16. The van der Waals surface area contributed by atoms with Gasteiger partial charge in [-0.25, -0.2) is 4.98 Å². The molecule has 0 saturated heterocycles. The number of imidazole rings is 1. The van der Waals surface area contributed by atoms with Crippen molar-refractivity contribution < 1.29 is 4.79 Å². The van der Waals surface area contributed by atoms with Crippen LogP contribution >= 0.6 is 0 Å². The second-order valence-corrected chi connectivity index (χ2v) is 4.54. The summed E-state index contributed by atoms with van der Waals surface area (Å²) < 4.78 is 1.93. The predicted octanol–water partition coefficient (Wildman–Crippen LogP) is 1.16. The van der Waals surface area contributed by atoms with Gasteiger partial charge >= 0.3 is 0 Å². The Morgan fingerprint density at radius 2 is 2.37 bits per heavy atom. The van der Waals surface area contributed by atoms with E-state index in [2.05, 4.69) is 10.3 Å². The second kappa shape index (κ2) is 6.15. The molecule has 0 saturated carbocycles. The lowest BCUT2D eigenvalue weighted by Crippen LogP contribution is -2.35. The smallest absolute Gasteiger partial charge is 0.251 e. The first-order valence-corrected chi connectivity index (χ1v) is 6.24. The molecule has 0 aliphatic rings. The Kier molecular flexibility index (Phi) is 4.30. The van der Waals surface area contributed by atoms with Gasteiger partial charge in [0.1, 0.15) is 0 Å². The van der Waals surface area contributed by atoms with Crippen LogP contribution in [-0.2, 0) is 13.1 Å². The molecule has 1 amide bonds. The first-order valence-electron chi connectivity index (χ1n) is 6.24. The third-order valence-electron chi connectivity index (χ3n) is 2.85. The van der Waals surface area contributed by atoms with Gasteiger partial charge in [-0.1, -0.05) is 12.1 Å². The standard InChI is InChI=1S/C14H18N4O/c1-11(9-18-6-5-16-10-18)17-14(19)13-4-2-3-12(7-13)8-15/h2-7,10-11H,8-9,15H2,1H3,(H,17,19). The zero-order valence-electron chi connectivity index (χ0n) is 10.9. The largest absolute Gasteiger partial charge is 0.348 e. The van der Waals surface area contributed by atoms with Crippen molar-refractivity contribution >= 4 is 5.91 Å². The minimum Gasteiger partial charge on any atom is -0.348 e. The first-order chi connectivity index (χ1) is 9.19. The van der Waals surface area contributed by atoms with Crippen LogP contribution < -0.4 is 11.1 Å². The quantitative estimate of drug-likeness (QED) is 0.845. The molecule has 1 atom stereocenters. The fourth-order valence-electron chi connectivity index (χ4n) is 1.90. The van der Waals surface area contributed by atoms with Crippen molar-refractivity contribution in [1.29, 1.82) is 0 Å². The summed E-state index contributed by atoms with van der Waals surface area (Å²) in [5, 5.41) is 2.96. The van der Waals surface area contributed by atoms with Gasteiger partial charge in [0, 0.05) is 37.1 Å². The Morgan fingerprint density at radius 1 is 1.53 bits per heavy atom. The summed E-state index contributed by atoms with van der Waals surface area (Å²) in [6.07, 6.45) is 5.33. The SMILES string of the molecule is CC(Cn1ccnc1)NC(=O)c1cccc(CN)c1. The summed E-state index contributed by atoms with van der Waals surface area (Å²) >= 11 is 0. The van der Waals surface area contributed by atoms with E-state index < -0.39 is 0 Å². The molecule has 1 heterocycles. The average molecular weight is 258 g/mol. The highest BCUT2D eigenvalue weighted by atomic mass is 16.1. The van der Waals surface area contributed by atoms with Gasteiger partial charge in [-0.3, -0.25) is 4.79 Å². The Hall–Kier alpha value is -2.14. The van der Waals surface area contributed by atoms with Crippen LogP contribution in [0.5, 0.6) is 0 Å². The van der Waals surface area contributed by atoms with Gasteiger partial charge in [-0.2, -0.15) is 0 Å². The van der Waals surface area contributed by atoms with Crippen molar-refractivity contribution in [2.24, 2.45) is 5.73 Å². The lowest BCUT2D eigenvalue weighted by Gasteiger charge is -2.14. The van der Waals surface area contributed by atoms with Crippen molar-refractivity contribution in [2.75, 3.05) is 0 Å². The van der Waals surface area contributed by atoms with Crippen molar-refractivity contribution in [3.63, 3.8) is 0 Å². The third kappa shape index (κ3) is 3.66. The van der Waals surface area contributed by atoms with Crippen LogP contribution in [0.4, 0.5) is 0 Å². The number of rotatable bonds is 5. The van der Waals surface area contributed by atoms with E-state index in [0.717, 1.165) is 5.56 Å². The number of carbonyl (C=O) groups excluding carboxylic acids is 1. The number of aromatic nitrogens is 2. The molecule has 5 nitrogen and oxygen atoms in total. The van der Waals surface area contributed by atoms with Crippen molar-refractivity contribution in [3.8, 4) is 0 Å². The number of hydrogen-bond acceptors (Lipinski definition) is 3. The molecule has 0 spiro atoms. The number of benzene rings is 1. The lowest BCUT2D eigenvalue weighted by molar-refractivity contribution is 0.0936. The molecular formula is C14H18N4O. The molecule has 2 rings (SSSR count). The van der Waals surface area contributed by atoms with Crippen LogP contribution in [0.15, 0.2) is 43.0 Å². The Labute approximate surface area is 112 Å². The van der Waals surface area contributed by atoms with Crippen LogP contribution in [0.1, 0.15) is 22.8 Å². The van der Waals surface area contributed by atoms with E-state index in [9.17, 15) is 4.79 Å². The summed E-state index contributed by atoms with van der Waals surface area (Å²) in [4.78, 5) is 16.0. The zero-order valence-corrected chi connectivity index (χ0v) is 10.9. The lowest BCUT2D eigenvalue weighted by atomic mass is 10.1. The minimum atomic E-state index is -0.0806. The van der Waals surface area contributed by atoms with Crippen LogP contribution in [0, 0.1) is 0 Å². The first kappa shape index (κ1) is 13.3. The molecule has 1 aromatic carbocycles. The summed E-state index contributed by atoms with van der Waals surface area (Å²) in [5.74, 6) is -0.0806. The predicted molar refractivity (Wildman–Crippen MR) is 73.5 cm³/mol. The van der Waals surface area contributed by atoms with E-state index in [-0.39, 0.29) is 11.9 Å². The van der Waals surface area contributed by atoms with E-state index in [1.165, 1.54) is 0 Å². The Bertz CT molecular complexity index is 536. The van der Waals surface area contributed by atoms with Crippen LogP contribution in [0.25, 0.3) is 0 Å². The fourth-order valence-corrected chi connectivity index (χ4v) is 1.90. The fraction of sp³-hybridized carbons (Fsp3) is 0.286. The molecule has 0 fully saturated rings. The molecule has 100 valence electrons. The summed E-state index contributed by atoms with van der Waals surface area (Å²) in [6, 6.07) is 7.39. The third-order valence-corrected chi connectivity index (χ3v) is 2.85. The minimum absolute atomic E-state index is 0.0308. The molecule has 0 aliphatic heterocycles. The van der Waals surface area contributed by atoms with Crippen molar-refractivity contribution in [2.45, 2.75) is 26.1 Å².